The Morgan fingerprint density at radius 2 is 1.49 bits per heavy atom. The van der Waals surface area contributed by atoms with Crippen LogP contribution in [0.3, 0.4) is 0 Å². The number of phenols is 1. The standard InChI is InChI=1S/C33H35N3O5/c1-33(2,3)41-32(40)35-28(20-22-14-18-27(37)19-15-22)31(39)36(4)29(24-11-6-5-7-12-24)30(38)34-26-17-16-23-10-8-9-13-25(23)21-26/h5-19,21,28-29,37H,20H2,1-4H3,(H,34,38)(H,35,40). The fraction of sp³-hybridized carbons (Fsp3) is 0.242. The number of rotatable bonds is 8. The van der Waals surface area contributed by atoms with Gasteiger partial charge in [-0.1, -0.05) is 72.8 Å². The highest BCUT2D eigenvalue weighted by atomic mass is 16.6. The molecule has 212 valence electrons. The van der Waals surface area contributed by atoms with Gasteiger partial charge in [0.05, 0.1) is 0 Å². The Kier molecular flexibility index (Phi) is 8.92. The highest BCUT2D eigenvalue weighted by molar-refractivity contribution is 6.00. The van der Waals surface area contributed by atoms with Crippen LogP contribution in [0.2, 0.25) is 0 Å². The highest BCUT2D eigenvalue weighted by Crippen LogP contribution is 2.25. The molecule has 4 aromatic carbocycles. The van der Waals surface area contributed by atoms with E-state index in [1.807, 2.05) is 48.5 Å². The first kappa shape index (κ1) is 29.1. The van der Waals surface area contributed by atoms with Gasteiger partial charge in [-0.15, -0.1) is 0 Å². The smallest absolute Gasteiger partial charge is 0.408 e. The Hall–Kier alpha value is -4.85. The lowest BCUT2D eigenvalue weighted by Crippen LogP contribution is -2.52. The molecule has 0 spiro atoms. The van der Waals surface area contributed by atoms with E-state index in [0.29, 0.717) is 16.8 Å². The van der Waals surface area contributed by atoms with Crippen molar-refractivity contribution >= 4 is 34.4 Å². The van der Waals surface area contributed by atoms with Gasteiger partial charge in [-0.25, -0.2) is 4.79 Å². The van der Waals surface area contributed by atoms with Gasteiger partial charge in [0.25, 0.3) is 5.91 Å². The summed E-state index contributed by atoms with van der Waals surface area (Å²) in [7, 11) is 1.54. The van der Waals surface area contributed by atoms with E-state index in [-0.39, 0.29) is 12.2 Å². The Morgan fingerprint density at radius 3 is 2.15 bits per heavy atom. The molecule has 0 saturated carbocycles. The molecule has 0 heterocycles. The minimum Gasteiger partial charge on any atom is -0.508 e. The Morgan fingerprint density at radius 1 is 0.854 bits per heavy atom. The number of nitrogens with one attached hydrogen (secondary N) is 2. The summed E-state index contributed by atoms with van der Waals surface area (Å²) in [6.07, 6.45) is -0.629. The number of alkyl carbamates (subject to hydrolysis) is 1. The van der Waals surface area contributed by atoms with Gasteiger partial charge in [-0.2, -0.15) is 0 Å². The van der Waals surface area contributed by atoms with Crippen LogP contribution in [-0.4, -0.2) is 46.6 Å². The van der Waals surface area contributed by atoms with Gasteiger partial charge in [-0.3, -0.25) is 9.59 Å². The van der Waals surface area contributed by atoms with Crippen molar-refractivity contribution in [2.75, 3.05) is 12.4 Å². The zero-order valence-electron chi connectivity index (χ0n) is 23.6. The SMILES string of the molecule is CN(C(=O)C(Cc1ccc(O)cc1)NC(=O)OC(C)(C)C)C(C(=O)Nc1ccc2ccccc2c1)c1ccccc1. The van der Waals surface area contributed by atoms with Crippen LogP contribution in [0.4, 0.5) is 10.5 Å². The quantitative estimate of drug-likeness (QED) is 0.255. The van der Waals surface area contributed by atoms with E-state index in [0.717, 1.165) is 10.8 Å². The first-order valence-electron chi connectivity index (χ1n) is 13.4. The molecular formula is C33H35N3O5. The lowest BCUT2D eigenvalue weighted by Gasteiger charge is -2.31. The molecule has 0 aliphatic heterocycles. The maximum absolute atomic E-state index is 14.0. The molecule has 0 radical (unpaired) electrons. The van der Waals surface area contributed by atoms with Crippen molar-refractivity contribution in [2.24, 2.45) is 0 Å². The Labute approximate surface area is 239 Å². The summed E-state index contributed by atoms with van der Waals surface area (Å²) in [6.45, 7) is 5.20. The number of fused-ring (bicyclic) bond motifs is 1. The molecule has 41 heavy (non-hydrogen) atoms. The second kappa shape index (κ2) is 12.6. The Bertz CT molecular complexity index is 1510. The molecule has 0 saturated heterocycles. The van der Waals surface area contributed by atoms with E-state index >= 15 is 0 Å². The van der Waals surface area contributed by atoms with Crippen LogP contribution in [0.1, 0.15) is 37.9 Å². The molecule has 8 nitrogen and oxygen atoms in total. The van der Waals surface area contributed by atoms with E-state index in [1.54, 1.807) is 64.2 Å². The van der Waals surface area contributed by atoms with Crippen LogP contribution < -0.4 is 10.6 Å². The lowest BCUT2D eigenvalue weighted by molar-refractivity contribution is -0.139. The molecule has 2 unspecified atom stereocenters. The third-order valence-electron chi connectivity index (χ3n) is 6.48. The minimum absolute atomic E-state index is 0.0864. The number of hydrogen-bond donors (Lipinski definition) is 3. The number of nitrogens with zero attached hydrogens (tertiary/aromatic N) is 1. The van der Waals surface area contributed by atoms with E-state index in [2.05, 4.69) is 10.6 Å². The van der Waals surface area contributed by atoms with Crippen molar-refractivity contribution in [3.63, 3.8) is 0 Å². The fourth-order valence-corrected chi connectivity index (χ4v) is 4.55. The zero-order chi connectivity index (χ0) is 29.6. The molecule has 2 atom stereocenters. The maximum atomic E-state index is 14.0. The van der Waals surface area contributed by atoms with Crippen molar-refractivity contribution in [2.45, 2.75) is 44.9 Å². The van der Waals surface area contributed by atoms with Gasteiger partial charge < -0.3 is 25.4 Å². The van der Waals surface area contributed by atoms with Crippen LogP contribution in [-0.2, 0) is 20.7 Å². The number of carbonyl (C=O) groups is 3. The van der Waals surface area contributed by atoms with Gasteiger partial charge in [0.15, 0.2) is 0 Å². The minimum atomic E-state index is -1.04. The second-order valence-electron chi connectivity index (χ2n) is 10.9. The van der Waals surface area contributed by atoms with E-state index in [9.17, 15) is 19.5 Å². The number of aromatic hydroxyl groups is 1. The molecule has 3 N–H and O–H groups in total. The third-order valence-corrected chi connectivity index (χ3v) is 6.48. The van der Waals surface area contributed by atoms with Crippen molar-refractivity contribution in [1.29, 1.82) is 0 Å². The number of likely N-dealkylation sites (N-methyl/N-ethyl adjacent to an activating group) is 1. The number of carbonyl (C=O) groups excluding carboxylic acids is 3. The van der Waals surface area contributed by atoms with Crippen LogP contribution in [0.15, 0.2) is 97.1 Å². The van der Waals surface area contributed by atoms with Gasteiger partial charge in [0.2, 0.25) is 5.91 Å². The molecule has 0 aromatic heterocycles. The summed E-state index contributed by atoms with van der Waals surface area (Å²) in [5, 5.41) is 17.4. The van der Waals surface area contributed by atoms with Crippen molar-refractivity contribution in [3.05, 3.63) is 108 Å². The maximum Gasteiger partial charge on any atom is 0.408 e. The van der Waals surface area contributed by atoms with Gasteiger partial charge in [0, 0.05) is 19.2 Å². The highest BCUT2D eigenvalue weighted by Gasteiger charge is 2.34. The zero-order valence-corrected chi connectivity index (χ0v) is 23.6. The molecule has 0 aliphatic rings. The summed E-state index contributed by atoms with van der Waals surface area (Å²) in [6, 6.07) is 26.8. The van der Waals surface area contributed by atoms with Crippen LogP contribution >= 0.6 is 0 Å². The van der Waals surface area contributed by atoms with Crippen molar-refractivity contribution in [3.8, 4) is 5.75 Å². The summed E-state index contributed by atoms with van der Waals surface area (Å²) in [5.41, 5.74) is 1.15. The number of phenolic OH excluding ortho intramolecular Hbond substituents is 1. The summed E-state index contributed by atoms with van der Waals surface area (Å²) < 4.78 is 5.42. The fourth-order valence-electron chi connectivity index (χ4n) is 4.55. The average Bonchev–Trinajstić information content (AvgIpc) is 2.93. The van der Waals surface area contributed by atoms with Crippen LogP contribution in [0, 0.1) is 0 Å². The van der Waals surface area contributed by atoms with Gasteiger partial charge in [0.1, 0.15) is 23.4 Å². The molecule has 0 aliphatic carbocycles. The summed E-state index contributed by atoms with van der Waals surface area (Å²) in [5.74, 6) is -0.794. The molecule has 0 bridgehead atoms. The van der Waals surface area contributed by atoms with E-state index < -0.39 is 35.6 Å². The normalized spacial score (nSPS) is 12.7. The van der Waals surface area contributed by atoms with Gasteiger partial charge >= 0.3 is 6.09 Å². The van der Waals surface area contributed by atoms with Crippen LogP contribution in [0.5, 0.6) is 5.75 Å². The molecule has 8 heteroatoms. The first-order chi connectivity index (χ1) is 19.5. The number of amides is 3. The topological polar surface area (TPSA) is 108 Å². The summed E-state index contributed by atoms with van der Waals surface area (Å²) >= 11 is 0. The predicted octanol–water partition coefficient (Wildman–Crippen LogP) is 5.82. The largest absolute Gasteiger partial charge is 0.508 e. The van der Waals surface area contributed by atoms with Crippen LogP contribution in [0.25, 0.3) is 10.8 Å². The first-order valence-corrected chi connectivity index (χ1v) is 13.4. The molecular weight excluding hydrogens is 518 g/mol. The lowest BCUT2D eigenvalue weighted by atomic mass is 10.0. The summed E-state index contributed by atoms with van der Waals surface area (Å²) in [4.78, 5) is 41.8. The third kappa shape index (κ3) is 7.85. The van der Waals surface area contributed by atoms with Gasteiger partial charge in [-0.05, 0) is 66.9 Å². The number of benzene rings is 4. The molecule has 3 amide bonds. The number of hydrogen-bond acceptors (Lipinski definition) is 5. The molecule has 0 fully saturated rings. The predicted molar refractivity (Wildman–Crippen MR) is 159 cm³/mol. The molecule has 4 rings (SSSR count). The van der Waals surface area contributed by atoms with Crippen molar-refractivity contribution in [1.82, 2.24) is 10.2 Å². The van der Waals surface area contributed by atoms with Crippen molar-refractivity contribution < 1.29 is 24.2 Å². The monoisotopic (exact) mass is 553 g/mol. The van der Waals surface area contributed by atoms with E-state index in [1.165, 1.54) is 17.0 Å². The number of ether oxygens (including phenoxy) is 1. The average molecular weight is 554 g/mol. The molecule has 4 aromatic rings. The van der Waals surface area contributed by atoms with E-state index in [4.69, 9.17) is 4.74 Å². The Balaban J connectivity index is 1.63. The second-order valence-corrected chi connectivity index (χ2v) is 10.9. The number of anilines is 1.